The van der Waals surface area contributed by atoms with Gasteiger partial charge >= 0.3 is 0 Å². The van der Waals surface area contributed by atoms with Crippen LogP contribution >= 0.6 is 11.3 Å². The van der Waals surface area contributed by atoms with E-state index >= 15 is 0 Å². The lowest BCUT2D eigenvalue weighted by molar-refractivity contribution is -0.125. The number of hydrogen-bond donors (Lipinski definition) is 2. The zero-order chi connectivity index (χ0) is 22.8. The Labute approximate surface area is 185 Å². The zero-order valence-electron chi connectivity index (χ0n) is 17.1. The molecule has 1 aromatic carbocycles. The van der Waals surface area contributed by atoms with Gasteiger partial charge in [-0.2, -0.15) is 4.98 Å². The number of aromatic nitrogens is 3. The van der Waals surface area contributed by atoms with Gasteiger partial charge in [0.15, 0.2) is 10.8 Å². The SMILES string of the molecule is CNC(=O)C1CCN(c2nc3ncn(CC(=O)Nc4cc(F)ccc4F)c(=O)c3s2)CC1. The van der Waals surface area contributed by atoms with Gasteiger partial charge in [-0.15, -0.1) is 0 Å². The Kier molecular flexibility index (Phi) is 6.12. The van der Waals surface area contributed by atoms with E-state index in [0.29, 0.717) is 35.8 Å². The van der Waals surface area contributed by atoms with Crippen molar-refractivity contribution in [3.05, 3.63) is 46.5 Å². The van der Waals surface area contributed by atoms with Crippen molar-refractivity contribution in [2.24, 2.45) is 5.92 Å². The normalized spacial score (nSPS) is 14.5. The van der Waals surface area contributed by atoms with E-state index < -0.39 is 29.6 Å². The summed E-state index contributed by atoms with van der Waals surface area (Å²) in [6, 6.07) is 2.71. The van der Waals surface area contributed by atoms with Crippen molar-refractivity contribution in [2.45, 2.75) is 19.4 Å². The summed E-state index contributed by atoms with van der Waals surface area (Å²) in [5.74, 6) is -2.19. The number of nitrogens with zero attached hydrogens (tertiary/aromatic N) is 4. The largest absolute Gasteiger partial charge is 0.359 e. The minimum Gasteiger partial charge on any atom is -0.359 e. The Hall–Kier alpha value is -3.41. The molecule has 12 heteroatoms. The number of halogens is 2. The first-order chi connectivity index (χ1) is 15.4. The first-order valence-corrected chi connectivity index (χ1v) is 10.7. The lowest BCUT2D eigenvalue weighted by Gasteiger charge is -2.30. The van der Waals surface area contributed by atoms with Crippen LogP contribution in [0.4, 0.5) is 19.6 Å². The summed E-state index contributed by atoms with van der Waals surface area (Å²) in [6.07, 6.45) is 2.57. The number of carbonyl (C=O) groups is 2. The number of amides is 2. The van der Waals surface area contributed by atoms with Crippen LogP contribution in [0.5, 0.6) is 0 Å². The monoisotopic (exact) mass is 462 g/mol. The summed E-state index contributed by atoms with van der Waals surface area (Å²) in [5, 5.41) is 5.55. The summed E-state index contributed by atoms with van der Waals surface area (Å²) in [6.45, 7) is 0.851. The first-order valence-electron chi connectivity index (χ1n) is 9.93. The molecule has 2 N–H and O–H groups in total. The van der Waals surface area contributed by atoms with Crippen LogP contribution in [0.15, 0.2) is 29.3 Å². The molecule has 0 radical (unpaired) electrons. The fraction of sp³-hybridized carbons (Fsp3) is 0.350. The van der Waals surface area contributed by atoms with E-state index in [1.165, 1.54) is 17.7 Å². The molecule has 2 aromatic heterocycles. The van der Waals surface area contributed by atoms with Crippen LogP contribution in [-0.2, 0) is 16.1 Å². The number of thiazole rings is 1. The molecule has 0 spiro atoms. The third-order valence-electron chi connectivity index (χ3n) is 5.27. The maximum atomic E-state index is 13.7. The molecule has 3 heterocycles. The second-order valence-corrected chi connectivity index (χ2v) is 8.35. The van der Waals surface area contributed by atoms with E-state index in [-0.39, 0.29) is 23.2 Å². The molecule has 1 fully saturated rings. The highest BCUT2D eigenvalue weighted by Gasteiger charge is 2.26. The predicted molar refractivity (Wildman–Crippen MR) is 116 cm³/mol. The smallest absolute Gasteiger partial charge is 0.273 e. The third kappa shape index (κ3) is 4.44. The zero-order valence-corrected chi connectivity index (χ0v) is 17.9. The Morgan fingerprint density at radius 2 is 2.00 bits per heavy atom. The van der Waals surface area contributed by atoms with Crippen LogP contribution in [0.1, 0.15) is 12.8 Å². The molecule has 1 aliphatic heterocycles. The van der Waals surface area contributed by atoms with Gasteiger partial charge in [0.25, 0.3) is 5.56 Å². The molecule has 3 aromatic rings. The van der Waals surface area contributed by atoms with Crippen molar-refractivity contribution >= 4 is 44.3 Å². The predicted octanol–water partition coefficient (Wildman–Crippen LogP) is 1.73. The third-order valence-corrected chi connectivity index (χ3v) is 6.36. The fourth-order valence-electron chi connectivity index (χ4n) is 3.56. The van der Waals surface area contributed by atoms with Crippen LogP contribution in [0.3, 0.4) is 0 Å². The number of fused-ring (bicyclic) bond motifs is 1. The number of nitrogens with one attached hydrogen (secondary N) is 2. The van der Waals surface area contributed by atoms with E-state index in [2.05, 4.69) is 20.6 Å². The number of rotatable bonds is 5. The highest BCUT2D eigenvalue weighted by atomic mass is 32.1. The molecular weight excluding hydrogens is 442 g/mol. The lowest BCUT2D eigenvalue weighted by atomic mass is 9.96. The van der Waals surface area contributed by atoms with E-state index in [0.717, 1.165) is 22.8 Å². The van der Waals surface area contributed by atoms with E-state index in [9.17, 15) is 23.2 Å². The van der Waals surface area contributed by atoms with Gasteiger partial charge < -0.3 is 15.5 Å². The lowest BCUT2D eigenvalue weighted by Crippen LogP contribution is -2.39. The average molecular weight is 462 g/mol. The molecule has 0 bridgehead atoms. The van der Waals surface area contributed by atoms with Crippen molar-refractivity contribution < 1.29 is 18.4 Å². The number of anilines is 2. The topological polar surface area (TPSA) is 109 Å². The summed E-state index contributed by atoms with van der Waals surface area (Å²) in [4.78, 5) is 47.5. The molecule has 2 amide bonds. The summed E-state index contributed by atoms with van der Waals surface area (Å²) in [5.41, 5.74) is -0.484. The van der Waals surface area contributed by atoms with Gasteiger partial charge in [0, 0.05) is 32.1 Å². The number of hydrogen-bond acceptors (Lipinski definition) is 7. The molecule has 0 atom stereocenters. The summed E-state index contributed by atoms with van der Waals surface area (Å²) < 4.78 is 28.4. The van der Waals surface area contributed by atoms with Gasteiger partial charge in [-0.05, 0) is 25.0 Å². The highest BCUT2D eigenvalue weighted by molar-refractivity contribution is 7.22. The van der Waals surface area contributed by atoms with E-state index in [1.807, 2.05) is 4.90 Å². The van der Waals surface area contributed by atoms with Crippen LogP contribution < -0.4 is 21.1 Å². The van der Waals surface area contributed by atoms with Gasteiger partial charge in [-0.1, -0.05) is 11.3 Å². The van der Waals surface area contributed by atoms with Gasteiger partial charge in [0.05, 0.1) is 5.69 Å². The highest BCUT2D eigenvalue weighted by Crippen LogP contribution is 2.29. The molecule has 1 aliphatic rings. The number of carbonyl (C=O) groups excluding carboxylic acids is 2. The molecule has 0 unspecified atom stereocenters. The van der Waals surface area contributed by atoms with E-state index in [1.54, 1.807) is 7.05 Å². The Bertz CT molecular complexity index is 1240. The fourth-order valence-corrected chi connectivity index (χ4v) is 4.58. The van der Waals surface area contributed by atoms with Crippen molar-refractivity contribution in [3.63, 3.8) is 0 Å². The second-order valence-electron chi connectivity index (χ2n) is 7.37. The Balaban J connectivity index is 1.48. The molecule has 168 valence electrons. The van der Waals surface area contributed by atoms with Gasteiger partial charge in [-0.3, -0.25) is 19.0 Å². The van der Waals surface area contributed by atoms with Crippen LogP contribution in [0.25, 0.3) is 10.3 Å². The molecule has 0 aliphatic carbocycles. The minimum absolute atomic E-state index is 0.0231. The molecule has 9 nitrogen and oxygen atoms in total. The van der Waals surface area contributed by atoms with E-state index in [4.69, 9.17) is 0 Å². The molecule has 32 heavy (non-hydrogen) atoms. The summed E-state index contributed by atoms with van der Waals surface area (Å²) >= 11 is 1.17. The average Bonchev–Trinajstić information content (AvgIpc) is 3.23. The van der Waals surface area contributed by atoms with Gasteiger partial charge in [0.1, 0.15) is 29.2 Å². The van der Waals surface area contributed by atoms with Crippen LogP contribution in [0, 0.1) is 17.6 Å². The van der Waals surface area contributed by atoms with Crippen LogP contribution in [0.2, 0.25) is 0 Å². The Morgan fingerprint density at radius 3 is 2.72 bits per heavy atom. The van der Waals surface area contributed by atoms with Crippen molar-refractivity contribution in [2.75, 3.05) is 30.4 Å². The Morgan fingerprint density at radius 1 is 1.25 bits per heavy atom. The number of piperidine rings is 1. The minimum atomic E-state index is -0.784. The molecular formula is C20H20F2N6O3S. The van der Waals surface area contributed by atoms with Crippen LogP contribution in [-0.4, -0.2) is 46.5 Å². The standard InChI is InChI=1S/C20H20F2N6O3S/c1-23-18(30)11-4-6-27(7-5-11)20-26-17-16(32-20)19(31)28(10-24-17)9-15(29)25-14-8-12(21)2-3-13(14)22/h2-3,8,10-11H,4-7,9H2,1H3,(H,23,30)(H,25,29). The van der Waals surface area contributed by atoms with Crippen molar-refractivity contribution in [1.29, 1.82) is 0 Å². The quantitative estimate of drug-likeness (QED) is 0.598. The maximum absolute atomic E-state index is 13.7. The van der Waals surface area contributed by atoms with Crippen molar-refractivity contribution in [1.82, 2.24) is 19.9 Å². The van der Waals surface area contributed by atoms with Gasteiger partial charge in [0.2, 0.25) is 11.8 Å². The maximum Gasteiger partial charge on any atom is 0.273 e. The molecule has 1 saturated heterocycles. The first kappa shape index (κ1) is 21.8. The van der Waals surface area contributed by atoms with Gasteiger partial charge in [-0.25, -0.2) is 13.8 Å². The second kappa shape index (κ2) is 8.99. The number of benzene rings is 1. The molecule has 0 saturated carbocycles. The van der Waals surface area contributed by atoms with Crippen molar-refractivity contribution in [3.8, 4) is 0 Å². The molecule has 4 rings (SSSR count). The summed E-state index contributed by atoms with van der Waals surface area (Å²) in [7, 11) is 1.62.